The zero-order valence-corrected chi connectivity index (χ0v) is 21.5. The number of hydrogen-bond donors (Lipinski definition) is 0. The molecule has 0 aliphatic carbocycles. The predicted octanol–water partition coefficient (Wildman–Crippen LogP) is 4.25. The standard InChI is InChI=1S/C29H34N2O6/c1-3-16-36-23-11-10-20(19-24(23)35-4-2)26-25-27(32)21-8-5-6-9-22(21)37-28(25)29(33)31(26)13-7-12-30-14-17-34-18-15-30/h5-6,8-11,19,26H,3-4,7,12-18H2,1-2H3. The maximum Gasteiger partial charge on any atom is 0.290 e. The van der Waals surface area contributed by atoms with Crippen molar-refractivity contribution in [2.75, 3.05) is 52.6 Å². The van der Waals surface area contributed by atoms with Crippen molar-refractivity contribution >= 4 is 16.9 Å². The van der Waals surface area contributed by atoms with E-state index in [0.29, 0.717) is 47.8 Å². The molecule has 0 bridgehead atoms. The average Bonchev–Trinajstić information content (AvgIpc) is 3.20. The van der Waals surface area contributed by atoms with Gasteiger partial charge in [0.15, 0.2) is 16.9 Å². The zero-order valence-electron chi connectivity index (χ0n) is 21.5. The van der Waals surface area contributed by atoms with Crippen molar-refractivity contribution in [1.82, 2.24) is 9.80 Å². The van der Waals surface area contributed by atoms with E-state index in [2.05, 4.69) is 4.90 Å². The van der Waals surface area contributed by atoms with Gasteiger partial charge in [0.25, 0.3) is 5.91 Å². The lowest BCUT2D eigenvalue weighted by atomic mass is 9.98. The fourth-order valence-electron chi connectivity index (χ4n) is 5.13. The number of ether oxygens (including phenoxy) is 3. The van der Waals surface area contributed by atoms with Crippen LogP contribution in [0.3, 0.4) is 0 Å². The van der Waals surface area contributed by atoms with Gasteiger partial charge in [-0.15, -0.1) is 0 Å². The molecule has 1 unspecified atom stereocenters. The molecule has 2 aromatic carbocycles. The van der Waals surface area contributed by atoms with Crippen LogP contribution in [0.4, 0.5) is 0 Å². The summed E-state index contributed by atoms with van der Waals surface area (Å²) < 4.78 is 23.3. The number of rotatable bonds is 10. The second kappa shape index (κ2) is 11.4. The van der Waals surface area contributed by atoms with Gasteiger partial charge in [-0.3, -0.25) is 14.5 Å². The first-order chi connectivity index (χ1) is 18.1. The monoisotopic (exact) mass is 506 g/mol. The highest BCUT2D eigenvalue weighted by molar-refractivity contribution is 5.99. The van der Waals surface area contributed by atoms with Crippen molar-refractivity contribution in [1.29, 1.82) is 0 Å². The lowest BCUT2D eigenvalue weighted by Crippen LogP contribution is -2.38. The van der Waals surface area contributed by atoms with Gasteiger partial charge in [0.2, 0.25) is 5.76 Å². The van der Waals surface area contributed by atoms with E-state index in [1.54, 1.807) is 23.1 Å². The van der Waals surface area contributed by atoms with Crippen molar-refractivity contribution in [3.05, 3.63) is 69.6 Å². The number of fused-ring (bicyclic) bond motifs is 2. The summed E-state index contributed by atoms with van der Waals surface area (Å²) in [4.78, 5) is 31.5. The first-order valence-corrected chi connectivity index (χ1v) is 13.2. The first-order valence-electron chi connectivity index (χ1n) is 13.2. The van der Waals surface area contributed by atoms with Crippen molar-refractivity contribution in [2.24, 2.45) is 0 Å². The largest absolute Gasteiger partial charge is 0.490 e. The summed E-state index contributed by atoms with van der Waals surface area (Å²) in [6.45, 7) is 9.61. The minimum atomic E-state index is -0.563. The second-order valence-electron chi connectivity index (χ2n) is 9.37. The molecule has 8 heteroatoms. The Balaban J connectivity index is 1.54. The smallest absolute Gasteiger partial charge is 0.290 e. The van der Waals surface area contributed by atoms with Crippen LogP contribution in [-0.2, 0) is 4.74 Å². The van der Waals surface area contributed by atoms with Gasteiger partial charge >= 0.3 is 0 Å². The van der Waals surface area contributed by atoms with E-state index in [0.717, 1.165) is 51.3 Å². The second-order valence-corrected chi connectivity index (χ2v) is 9.37. The Hall–Kier alpha value is -3.36. The Kier molecular flexibility index (Phi) is 7.76. The highest BCUT2D eigenvalue weighted by Gasteiger charge is 2.42. The minimum absolute atomic E-state index is 0.129. The molecule has 37 heavy (non-hydrogen) atoms. The predicted molar refractivity (Wildman–Crippen MR) is 141 cm³/mol. The molecule has 1 atom stereocenters. The minimum Gasteiger partial charge on any atom is -0.490 e. The summed E-state index contributed by atoms with van der Waals surface area (Å²) in [5.74, 6) is 1.13. The van der Waals surface area contributed by atoms with E-state index in [1.165, 1.54) is 0 Å². The van der Waals surface area contributed by atoms with Gasteiger partial charge in [0.05, 0.1) is 43.4 Å². The summed E-state index contributed by atoms with van der Waals surface area (Å²) in [7, 11) is 0. The molecule has 0 radical (unpaired) electrons. The molecule has 0 N–H and O–H groups in total. The van der Waals surface area contributed by atoms with Crippen LogP contribution < -0.4 is 14.9 Å². The van der Waals surface area contributed by atoms with Gasteiger partial charge in [-0.05, 0) is 49.6 Å². The van der Waals surface area contributed by atoms with E-state index < -0.39 is 6.04 Å². The van der Waals surface area contributed by atoms with Crippen LogP contribution in [-0.4, -0.2) is 68.3 Å². The number of hydrogen-bond acceptors (Lipinski definition) is 7. The van der Waals surface area contributed by atoms with Crippen LogP contribution in [0.2, 0.25) is 0 Å². The third-order valence-corrected chi connectivity index (χ3v) is 6.90. The van der Waals surface area contributed by atoms with Crippen LogP contribution in [0.5, 0.6) is 11.5 Å². The molecule has 0 saturated carbocycles. The van der Waals surface area contributed by atoms with Crippen LogP contribution in [0.1, 0.15) is 54.4 Å². The van der Waals surface area contributed by atoms with Crippen LogP contribution in [0.15, 0.2) is 51.7 Å². The molecule has 1 amide bonds. The molecule has 3 heterocycles. The molecular formula is C29H34N2O6. The maximum atomic E-state index is 13.7. The van der Waals surface area contributed by atoms with Crippen molar-refractivity contribution in [3.63, 3.8) is 0 Å². The Labute approximate surface area is 216 Å². The Bertz CT molecular complexity index is 1310. The number of carbonyl (C=O) groups is 1. The van der Waals surface area contributed by atoms with Crippen molar-refractivity contribution in [2.45, 2.75) is 32.7 Å². The number of morpholine rings is 1. The van der Waals surface area contributed by atoms with Gasteiger partial charge in [0, 0.05) is 26.2 Å². The fourth-order valence-corrected chi connectivity index (χ4v) is 5.13. The third-order valence-electron chi connectivity index (χ3n) is 6.90. The van der Waals surface area contributed by atoms with E-state index >= 15 is 0 Å². The summed E-state index contributed by atoms with van der Waals surface area (Å²) in [5, 5.41) is 0.474. The molecule has 1 fully saturated rings. The van der Waals surface area contributed by atoms with E-state index in [1.807, 2.05) is 38.1 Å². The van der Waals surface area contributed by atoms with Gasteiger partial charge in [-0.25, -0.2) is 0 Å². The van der Waals surface area contributed by atoms with Gasteiger partial charge in [-0.2, -0.15) is 0 Å². The van der Waals surface area contributed by atoms with Gasteiger partial charge in [-0.1, -0.05) is 25.1 Å². The number of benzene rings is 2. The van der Waals surface area contributed by atoms with Gasteiger partial charge < -0.3 is 23.5 Å². The molecule has 0 spiro atoms. The molecule has 5 rings (SSSR count). The Morgan fingerprint density at radius 2 is 1.78 bits per heavy atom. The fraction of sp³-hybridized carbons (Fsp3) is 0.448. The number of amides is 1. The maximum absolute atomic E-state index is 13.7. The summed E-state index contributed by atoms with van der Waals surface area (Å²) in [5.41, 5.74) is 1.44. The number of para-hydroxylation sites is 1. The van der Waals surface area contributed by atoms with Crippen molar-refractivity contribution < 1.29 is 23.4 Å². The van der Waals surface area contributed by atoms with E-state index in [-0.39, 0.29) is 17.1 Å². The number of carbonyl (C=O) groups excluding carboxylic acids is 1. The molecule has 1 saturated heterocycles. The highest BCUT2D eigenvalue weighted by Crippen LogP contribution is 2.41. The third kappa shape index (κ3) is 5.08. The normalized spacial score (nSPS) is 17.8. The lowest BCUT2D eigenvalue weighted by Gasteiger charge is -2.29. The lowest BCUT2D eigenvalue weighted by molar-refractivity contribution is 0.0353. The molecule has 1 aromatic heterocycles. The molecule has 8 nitrogen and oxygen atoms in total. The van der Waals surface area contributed by atoms with Crippen molar-refractivity contribution in [3.8, 4) is 11.5 Å². The molecular weight excluding hydrogens is 472 g/mol. The average molecular weight is 507 g/mol. The Morgan fingerprint density at radius 1 is 0.973 bits per heavy atom. The van der Waals surface area contributed by atoms with Crippen LogP contribution >= 0.6 is 0 Å². The highest BCUT2D eigenvalue weighted by atomic mass is 16.5. The SMILES string of the molecule is CCCOc1ccc(C2c3c(oc4ccccc4c3=O)C(=O)N2CCCN2CCOCC2)cc1OCC. The van der Waals surface area contributed by atoms with Gasteiger partial charge in [0.1, 0.15) is 5.58 Å². The molecule has 3 aromatic rings. The molecule has 2 aliphatic heterocycles. The van der Waals surface area contributed by atoms with Crippen LogP contribution in [0, 0.1) is 0 Å². The molecule has 196 valence electrons. The summed E-state index contributed by atoms with van der Waals surface area (Å²) in [6, 6.07) is 12.2. The first kappa shape index (κ1) is 25.3. The molecule has 2 aliphatic rings. The quantitative estimate of drug-likeness (QED) is 0.407. The van der Waals surface area contributed by atoms with Crippen LogP contribution in [0.25, 0.3) is 11.0 Å². The number of nitrogens with zero attached hydrogens (tertiary/aromatic N) is 2. The topological polar surface area (TPSA) is 81.5 Å². The summed E-state index contributed by atoms with van der Waals surface area (Å²) >= 11 is 0. The van der Waals surface area contributed by atoms with E-state index in [4.69, 9.17) is 18.6 Å². The Morgan fingerprint density at radius 3 is 2.57 bits per heavy atom. The summed E-state index contributed by atoms with van der Waals surface area (Å²) in [6.07, 6.45) is 1.66. The zero-order chi connectivity index (χ0) is 25.8. The van der Waals surface area contributed by atoms with E-state index in [9.17, 15) is 9.59 Å².